The topological polar surface area (TPSA) is 41.6 Å². The van der Waals surface area contributed by atoms with Crippen molar-refractivity contribution in [1.82, 2.24) is 10.2 Å². The monoisotopic (exact) mass is 284 g/mol. The number of rotatable bonds is 11. The molecule has 1 N–H and O–H groups in total. The van der Waals surface area contributed by atoms with Crippen LogP contribution in [0.1, 0.15) is 59.3 Å². The van der Waals surface area contributed by atoms with Crippen molar-refractivity contribution < 1.29 is 9.53 Å². The van der Waals surface area contributed by atoms with E-state index in [1.54, 1.807) is 0 Å². The van der Waals surface area contributed by atoms with Gasteiger partial charge < -0.3 is 9.64 Å². The van der Waals surface area contributed by atoms with E-state index in [4.69, 9.17) is 4.74 Å². The Kier molecular flexibility index (Phi) is 7.52. The molecule has 1 aliphatic rings. The highest BCUT2D eigenvalue weighted by Crippen LogP contribution is 2.25. The Labute approximate surface area is 124 Å². The van der Waals surface area contributed by atoms with Gasteiger partial charge in [0, 0.05) is 6.04 Å². The van der Waals surface area contributed by atoms with Gasteiger partial charge in [-0.3, -0.25) is 10.1 Å². The number of nitrogens with one attached hydrogen (secondary N) is 1. The van der Waals surface area contributed by atoms with Gasteiger partial charge in [-0.2, -0.15) is 0 Å². The van der Waals surface area contributed by atoms with E-state index in [2.05, 4.69) is 24.1 Å². The van der Waals surface area contributed by atoms with Gasteiger partial charge >= 0.3 is 5.97 Å². The molecule has 0 heterocycles. The Morgan fingerprint density at radius 2 is 1.85 bits per heavy atom. The molecule has 4 heteroatoms. The molecule has 4 nitrogen and oxygen atoms in total. The highest BCUT2D eigenvalue weighted by atomic mass is 16.5. The van der Waals surface area contributed by atoms with Crippen LogP contribution in [0.15, 0.2) is 0 Å². The molecule has 0 bridgehead atoms. The van der Waals surface area contributed by atoms with E-state index in [0.29, 0.717) is 6.04 Å². The fourth-order valence-electron chi connectivity index (χ4n) is 2.76. The van der Waals surface area contributed by atoms with Crippen LogP contribution < -0.4 is 5.32 Å². The largest absolute Gasteiger partial charge is 0.468 e. The molecule has 1 unspecified atom stereocenters. The first-order valence-electron chi connectivity index (χ1n) is 8.14. The smallest absolute Gasteiger partial charge is 0.325 e. The molecule has 1 saturated carbocycles. The van der Waals surface area contributed by atoms with Crippen LogP contribution in [0.5, 0.6) is 0 Å². The number of ether oxygens (including phenoxy) is 1. The number of hydrogen-bond acceptors (Lipinski definition) is 4. The van der Waals surface area contributed by atoms with E-state index in [-0.39, 0.29) is 5.97 Å². The van der Waals surface area contributed by atoms with Crippen molar-refractivity contribution in [1.29, 1.82) is 0 Å². The fourth-order valence-corrected chi connectivity index (χ4v) is 2.76. The van der Waals surface area contributed by atoms with Gasteiger partial charge in [0.2, 0.25) is 0 Å². The molecule has 1 atom stereocenters. The number of esters is 1. The highest BCUT2D eigenvalue weighted by molar-refractivity contribution is 5.80. The third kappa shape index (κ3) is 5.80. The second-order valence-electron chi connectivity index (χ2n) is 6.19. The zero-order chi connectivity index (χ0) is 15.0. The van der Waals surface area contributed by atoms with Crippen molar-refractivity contribution >= 4 is 5.97 Å². The van der Waals surface area contributed by atoms with Crippen LogP contribution in [0, 0.1) is 0 Å². The Hall–Kier alpha value is -0.610. The molecule has 1 rings (SSSR count). The molecule has 20 heavy (non-hydrogen) atoms. The van der Waals surface area contributed by atoms with Gasteiger partial charge in [0.25, 0.3) is 0 Å². The maximum Gasteiger partial charge on any atom is 0.325 e. The van der Waals surface area contributed by atoms with Crippen molar-refractivity contribution in [2.24, 2.45) is 0 Å². The summed E-state index contributed by atoms with van der Waals surface area (Å²) >= 11 is 0. The predicted octanol–water partition coefficient (Wildman–Crippen LogP) is 2.57. The lowest BCUT2D eigenvalue weighted by atomic mass is 9.95. The van der Waals surface area contributed by atoms with Crippen molar-refractivity contribution in [3.8, 4) is 0 Å². The summed E-state index contributed by atoms with van der Waals surface area (Å²) in [4.78, 5) is 14.5. The lowest BCUT2D eigenvalue weighted by Gasteiger charge is -2.29. The Balaban J connectivity index is 2.42. The van der Waals surface area contributed by atoms with Gasteiger partial charge in [-0.15, -0.1) is 0 Å². The van der Waals surface area contributed by atoms with Crippen molar-refractivity contribution in [2.45, 2.75) is 70.9 Å². The number of nitrogens with zero attached hydrogens (tertiary/aromatic N) is 1. The Morgan fingerprint density at radius 1 is 1.25 bits per heavy atom. The minimum atomic E-state index is -0.514. The lowest BCUT2D eigenvalue weighted by molar-refractivity contribution is -0.148. The van der Waals surface area contributed by atoms with E-state index in [0.717, 1.165) is 32.5 Å². The average Bonchev–Trinajstić information content (AvgIpc) is 3.22. The summed E-state index contributed by atoms with van der Waals surface area (Å²) in [7, 11) is 1.48. The Morgan fingerprint density at radius 3 is 2.30 bits per heavy atom. The van der Waals surface area contributed by atoms with Gasteiger partial charge in [-0.1, -0.05) is 13.8 Å². The average molecular weight is 284 g/mol. The number of carbonyl (C=O) groups is 1. The van der Waals surface area contributed by atoms with E-state index in [9.17, 15) is 4.79 Å². The molecule has 0 aromatic rings. The fraction of sp³-hybridized carbons (Fsp3) is 0.938. The van der Waals surface area contributed by atoms with Crippen LogP contribution in [0.3, 0.4) is 0 Å². The molecule has 0 amide bonds. The van der Waals surface area contributed by atoms with Gasteiger partial charge in [0.1, 0.15) is 5.54 Å². The van der Waals surface area contributed by atoms with Crippen LogP contribution in [-0.2, 0) is 9.53 Å². The molecule has 0 radical (unpaired) electrons. The summed E-state index contributed by atoms with van der Waals surface area (Å²) in [6, 6.07) is 0.515. The SMILES string of the molecule is CCCN(CCC)CCCC(C)(NC1CC1)C(=O)OC. The van der Waals surface area contributed by atoms with Gasteiger partial charge in [-0.05, 0) is 65.1 Å². The molecule has 0 saturated heterocycles. The molecule has 1 aliphatic carbocycles. The summed E-state index contributed by atoms with van der Waals surface area (Å²) in [5.41, 5.74) is -0.514. The number of hydrogen-bond donors (Lipinski definition) is 1. The highest BCUT2D eigenvalue weighted by Gasteiger charge is 2.38. The summed E-state index contributed by atoms with van der Waals surface area (Å²) in [5, 5.41) is 3.46. The zero-order valence-corrected chi connectivity index (χ0v) is 13.7. The minimum Gasteiger partial charge on any atom is -0.468 e. The standard InChI is InChI=1S/C16H32N2O2/c1-5-11-18(12-6-2)13-7-10-16(3,15(19)20-4)17-14-8-9-14/h14,17H,5-13H2,1-4H3. The van der Waals surface area contributed by atoms with Crippen LogP contribution in [0.25, 0.3) is 0 Å². The first-order chi connectivity index (χ1) is 9.55. The van der Waals surface area contributed by atoms with Crippen LogP contribution in [-0.4, -0.2) is 49.2 Å². The molecular weight excluding hydrogens is 252 g/mol. The zero-order valence-electron chi connectivity index (χ0n) is 13.7. The lowest BCUT2D eigenvalue weighted by Crippen LogP contribution is -2.51. The quantitative estimate of drug-likeness (QED) is 0.592. The van der Waals surface area contributed by atoms with Gasteiger partial charge in [0.05, 0.1) is 7.11 Å². The van der Waals surface area contributed by atoms with E-state index < -0.39 is 5.54 Å². The summed E-state index contributed by atoms with van der Waals surface area (Å²) < 4.78 is 4.98. The molecule has 118 valence electrons. The van der Waals surface area contributed by atoms with E-state index >= 15 is 0 Å². The molecule has 0 spiro atoms. The maximum atomic E-state index is 12.0. The predicted molar refractivity (Wildman–Crippen MR) is 82.8 cm³/mol. The second kappa shape index (κ2) is 8.63. The molecule has 0 aromatic carbocycles. The van der Waals surface area contributed by atoms with Gasteiger partial charge in [-0.25, -0.2) is 0 Å². The third-order valence-corrected chi connectivity index (χ3v) is 3.97. The van der Waals surface area contributed by atoms with Crippen molar-refractivity contribution in [2.75, 3.05) is 26.7 Å². The number of methoxy groups -OCH3 is 1. The van der Waals surface area contributed by atoms with Crippen LogP contribution >= 0.6 is 0 Å². The normalized spacial score (nSPS) is 18.1. The molecule has 1 fully saturated rings. The summed E-state index contributed by atoms with van der Waals surface area (Å²) in [6.45, 7) is 9.80. The molecule has 0 aliphatic heterocycles. The summed E-state index contributed by atoms with van der Waals surface area (Å²) in [6.07, 6.45) is 6.63. The van der Waals surface area contributed by atoms with E-state index in [1.807, 2.05) is 6.92 Å². The van der Waals surface area contributed by atoms with Crippen LogP contribution in [0.4, 0.5) is 0 Å². The van der Waals surface area contributed by atoms with Crippen molar-refractivity contribution in [3.63, 3.8) is 0 Å². The van der Waals surface area contributed by atoms with Gasteiger partial charge in [0.15, 0.2) is 0 Å². The Bertz CT molecular complexity index is 286. The minimum absolute atomic E-state index is 0.123. The number of carbonyl (C=O) groups excluding carboxylic acids is 1. The second-order valence-corrected chi connectivity index (χ2v) is 6.19. The van der Waals surface area contributed by atoms with Crippen molar-refractivity contribution in [3.05, 3.63) is 0 Å². The first kappa shape index (κ1) is 17.4. The third-order valence-electron chi connectivity index (χ3n) is 3.97. The molecule has 0 aromatic heterocycles. The maximum absolute atomic E-state index is 12.0. The first-order valence-corrected chi connectivity index (χ1v) is 8.14. The summed E-state index contributed by atoms with van der Waals surface area (Å²) in [5.74, 6) is -0.123. The van der Waals surface area contributed by atoms with Crippen LogP contribution in [0.2, 0.25) is 0 Å². The van der Waals surface area contributed by atoms with E-state index in [1.165, 1.54) is 32.8 Å². The molecular formula is C16H32N2O2.